The lowest BCUT2D eigenvalue weighted by Crippen LogP contribution is -2.30. The van der Waals surface area contributed by atoms with Gasteiger partial charge in [0.15, 0.2) is 6.10 Å². The monoisotopic (exact) mass is 412 g/mol. The number of halogens is 2. The third-order valence-electron chi connectivity index (χ3n) is 3.46. The molecule has 10 heteroatoms. The lowest BCUT2D eigenvalue weighted by Gasteiger charge is -2.15. The fourth-order valence-corrected chi connectivity index (χ4v) is 2.43. The van der Waals surface area contributed by atoms with Gasteiger partial charge in [-0.15, -0.1) is 0 Å². The summed E-state index contributed by atoms with van der Waals surface area (Å²) in [6, 6.07) is 7.97. The summed E-state index contributed by atoms with van der Waals surface area (Å²) in [5, 5.41) is 13.7. The average Bonchev–Trinajstić information content (AvgIpc) is 2.63. The number of benzene rings is 2. The lowest BCUT2D eigenvalue weighted by atomic mass is 10.2. The first-order valence-corrected chi connectivity index (χ1v) is 8.28. The maximum atomic E-state index is 12.3. The number of amides is 1. The van der Waals surface area contributed by atoms with E-state index in [1.807, 2.05) is 0 Å². The van der Waals surface area contributed by atoms with Crippen molar-refractivity contribution in [3.05, 3.63) is 62.1 Å². The number of hydrogen-bond donors (Lipinski definition) is 1. The van der Waals surface area contributed by atoms with E-state index in [4.69, 9.17) is 32.7 Å². The van der Waals surface area contributed by atoms with E-state index in [1.54, 1.807) is 0 Å². The van der Waals surface area contributed by atoms with Crippen LogP contribution in [0.2, 0.25) is 10.0 Å². The molecule has 27 heavy (non-hydrogen) atoms. The Labute approximate surface area is 164 Å². The van der Waals surface area contributed by atoms with Crippen LogP contribution in [0.15, 0.2) is 36.4 Å². The fourth-order valence-electron chi connectivity index (χ4n) is 2.06. The molecule has 1 atom stereocenters. The largest absolute Gasteiger partial charge is 0.494 e. The molecule has 2 aromatic carbocycles. The summed E-state index contributed by atoms with van der Waals surface area (Å²) in [6.45, 7) is 1.36. The van der Waals surface area contributed by atoms with Gasteiger partial charge in [-0.1, -0.05) is 23.2 Å². The molecule has 0 aliphatic carbocycles. The number of rotatable bonds is 6. The van der Waals surface area contributed by atoms with E-state index >= 15 is 0 Å². The van der Waals surface area contributed by atoms with E-state index < -0.39 is 22.9 Å². The van der Waals surface area contributed by atoms with Gasteiger partial charge in [-0.05, 0) is 31.2 Å². The second-order valence-electron chi connectivity index (χ2n) is 5.30. The summed E-state index contributed by atoms with van der Waals surface area (Å²) in [4.78, 5) is 34.7. The number of methoxy groups -OCH3 is 1. The summed E-state index contributed by atoms with van der Waals surface area (Å²) in [5.41, 5.74) is 0.0217. The van der Waals surface area contributed by atoms with Crippen LogP contribution in [-0.4, -0.2) is 30.0 Å². The number of carbonyl (C=O) groups excluding carboxylic acids is 2. The Hall–Kier alpha value is -2.84. The van der Waals surface area contributed by atoms with Crippen LogP contribution < -0.4 is 10.1 Å². The van der Waals surface area contributed by atoms with Crippen molar-refractivity contribution in [2.45, 2.75) is 13.0 Å². The minimum atomic E-state index is -1.17. The topological polar surface area (TPSA) is 108 Å². The molecule has 142 valence electrons. The fraction of sp³-hybridized carbons (Fsp3) is 0.176. The molecule has 1 amide bonds. The number of nitro groups is 1. The first kappa shape index (κ1) is 20.5. The molecule has 0 aromatic heterocycles. The minimum absolute atomic E-state index is 0.0248. The minimum Gasteiger partial charge on any atom is -0.494 e. The van der Waals surface area contributed by atoms with Crippen LogP contribution in [0, 0.1) is 10.1 Å². The first-order chi connectivity index (χ1) is 12.7. The number of esters is 1. The molecule has 0 unspecified atom stereocenters. The molecule has 1 N–H and O–H groups in total. The van der Waals surface area contributed by atoms with Crippen molar-refractivity contribution in [2.75, 3.05) is 12.4 Å². The molecule has 0 spiro atoms. The van der Waals surface area contributed by atoms with Crippen LogP contribution in [-0.2, 0) is 9.53 Å². The SMILES string of the molecule is COc1cc([N+](=O)[O-])ccc1NC(=O)[C@@H](C)OC(=O)c1cc(Cl)ccc1Cl. The number of nitrogens with zero attached hydrogens (tertiary/aromatic N) is 1. The predicted molar refractivity (Wildman–Crippen MR) is 99.6 cm³/mol. The molecule has 0 heterocycles. The number of anilines is 1. The molecule has 0 bridgehead atoms. The Balaban J connectivity index is 2.10. The Morgan fingerprint density at radius 1 is 1.19 bits per heavy atom. The number of non-ortho nitro benzene ring substituents is 1. The molecule has 2 rings (SSSR count). The van der Waals surface area contributed by atoms with Crippen molar-refractivity contribution < 1.29 is 24.0 Å². The zero-order valence-electron chi connectivity index (χ0n) is 14.2. The van der Waals surface area contributed by atoms with Crippen LogP contribution in [0.1, 0.15) is 17.3 Å². The molecular formula is C17H14Cl2N2O6. The number of nitro benzene ring substituents is 1. The van der Waals surface area contributed by atoms with Gasteiger partial charge < -0.3 is 14.8 Å². The van der Waals surface area contributed by atoms with Crippen molar-refractivity contribution in [3.63, 3.8) is 0 Å². The zero-order chi connectivity index (χ0) is 20.1. The Morgan fingerprint density at radius 2 is 1.89 bits per heavy atom. The van der Waals surface area contributed by atoms with Crippen LogP contribution >= 0.6 is 23.2 Å². The van der Waals surface area contributed by atoms with Gasteiger partial charge in [0.1, 0.15) is 5.75 Å². The highest BCUT2D eigenvalue weighted by Gasteiger charge is 2.22. The van der Waals surface area contributed by atoms with Gasteiger partial charge in [-0.3, -0.25) is 14.9 Å². The van der Waals surface area contributed by atoms with E-state index in [9.17, 15) is 19.7 Å². The maximum absolute atomic E-state index is 12.3. The number of ether oxygens (including phenoxy) is 2. The quantitative estimate of drug-likeness (QED) is 0.434. The Morgan fingerprint density at radius 3 is 2.52 bits per heavy atom. The summed E-state index contributed by atoms with van der Waals surface area (Å²) < 4.78 is 10.1. The van der Waals surface area contributed by atoms with Gasteiger partial charge in [0.2, 0.25) is 0 Å². The first-order valence-electron chi connectivity index (χ1n) is 7.52. The molecular weight excluding hydrogens is 399 g/mol. The van der Waals surface area contributed by atoms with E-state index in [0.29, 0.717) is 5.02 Å². The van der Waals surface area contributed by atoms with Crippen molar-refractivity contribution in [3.8, 4) is 5.75 Å². The highest BCUT2D eigenvalue weighted by Crippen LogP contribution is 2.29. The zero-order valence-corrected chi connectivity index (χ0v) is 15.7. The van der Waals surface area contributed by atoms with Crippen molar-refractivity contribution in [1.29, 1.82) is 0 Å². The van der Waals surface area contributed by atoms with E-state index in [1.165, 1.54) is 44.4 Å². The second-order valence-corrected chi connectivity index (χ2v) is 6.15. The maximum Gasteiger partial charge on any atom is 0.340 e. The normalized spacial score (nSPS) is 11.4. The number of nitrogens with one attached hydrogen (secondary N) is 1. The second kappa shape index (κ2) is 8.70. The van der Waals surface area contributed by atoms with Crippen LogP contribution in [0.5, 0.6) is 5.75 Å². The smallest absolute Gasteiger partial charge is 0.340 e. The van der Waals surface area contributed by atoms with Crippen LogP contribution in [0.3, 0.4) is 0 Å². The molecule has 8 nitrogen and oxygen atoms in total. The van der Waals surface area contributed by atoms with E-state index in [-0.39, 0.29) is 27.7 Å². The van der Waals surface area contributed by atoms with Crippen molar-refractivity contribution in [2.24, 2.45) is 0 Å². The molecule has 0 saturated heterocycles. The van der Waals surface area contributed by atoms with Gasteiger partial charge in [0.25, 0.3) is 11.6 Å². The number of carbonyl (C=O) groups is 2. The standard InChI is InChI=1S/C17H14Cl2N2O6/c1-9(27-17(23)12-7-10(18)3-5-13(12)19)16(22)20-14-6-4-11(21(24)25)8-15(14)26-2/h3-9H,1-2H3,(H,20,22)/t9-/m1/s1. The van der Waals surface area contributed by atoms with E-state index in [0.717, 1.165) is 6.07 Å². The van der Waals surface area contributed by atoms with Gasteiger partial charge >= 0.3 is 5.97 Å². The molecule has 0 fully saturated rings. The molecule has 0 aliphatic heterocycles. The van der Waals surface area contributed by atoms with E-state index in [2.05, 4.69) is 5.32 Å². The van der Waals surface area contributed by atoms with Gasteiger partial charge in [-0.2, -0.15) is 0 Å². The Bertz CT molecular complexity index is 903. The summed E-state index contributed by atoms with van der Waals surface area (Å²) >= 11 is 11.8. The van der Waals surface area contributed by atoms with Crippen molar-refractivity contribution >= 4 is 46.5 Å². The lowest BCUT2D eigenvalue weighted by molar-refractivity contribution is -0.384. The molecule has 2 aromatic rings. The molecule has 0 radical (unpaired) electrons. The highest BCUT2D eigenvalue weighted by atomic mass is 35.5. The Kier molecular flexibility index (Phi) is 6.59. The number of hydrogen-bond acceptors (Lipinski definition) is 6. The third kappa shape index (κ3) is 5.08. The molecule has 0 aliphatic rings. The van der Waals surface area contributed by atoms with Gasteiger partial charge in [-0.25, -0.2) is 4.79 Å². The summed E-state index contributed by atoms with van der Waals surface area (Å²) in [5.74, 6) is -1.39. The predicted octanol–water partition coefficient (Wildman–Crippen LogP) is 4.09. The summed E-state index contributed by atoms with van der Waals surface area (Å²) in [7, 11) is 1.30. The van der Waals surface area contributed by atoms with Crippen LogP contribution in [0.4, 0.5) is 11.4 Å². The third-order valence-corrected chi connectivity index (χ3v) is 4.02. The van der Waals surface area contributed by atoms with Gasteiger partial charge in [0, 0.05) is 11.1 Å². The van der Waals surface area contributed by atoms with Crippen LogP contribution in [0.25, 0.3) is 0 Å². The van der Waals surface area contributed by atoms with Gasteiger partial charge in [0.05, 0.1) is 34.4 Å². The summed E-state index contributed by atoms with van der Waals surface area (Å²) in [6.07, 6.45) is -1.17. The van der Waals surface area contributed by atoms with Crippen molar-refractivity contribution in [1.82, 2.24) is 0 Å². The molecule has 0 saturated carbocycles. The highest BCUT2D eigenvalue weighted by molar-refractivity contribution is 6.35. The average molecular weight is 413 g/mol.